The van der Waals surface area contributed by atoms with Crippen LogP contribution in [-0.4, -0.2) is 10.2 Å². The van der Waals surface area contributed by atoms with Crippen LogP contribution in [0.4, 0.5) is 0 Å². The van der Waals surface area contributed by atoms with E-state index in [1.807, 2.05) is 46.8 Å². The average Bonchev–Trinajstić information content (AvgIpc) is 2.43. The third-order valence-corrected chi connectivity index (χ3v) is 4.63. The lowest BCUT2D eigenvalue weighted by atomic mass is 9.88. The van der Waals surface area contributed by atoms with Crippen molar-refractivity contribution in [2.24, 2.45) is 0 Å². The minimum Gasteiger partial charge on any atom is -0.507 e. The zero-order chi connectivity index (χ0) is 15.2. The molecular weight excluding hydrogens is 248 g/mol. The Morgan fingerprint density at radius 3 is 1.75 bits per heavy atom. The Bertz CT molecular complexity index is 668. The maximum Gasteiger partial charge on any atom is 0.126 e. The fraction of sp³-hybridized carbons (Fsp3) is 0.333. The fourth-order valence-corrected chi connectivity index (χ4v) is 2.63. The summed E-state index contributed by atoms with van der Waals surface area (Å²) in [5.74, 6) is 0.523. The van der Waals surface area contributed by atoms with Crippen LogP contribution in [0.3, 0.4) is 0 Å². The summed E-state index contributed by atoms with van der Waals surface area (Å²) in [5, 5.41) is 20.9. The Labute approximate surface area is 120 Å². The lowest BCUT2D eigenvalue weighted by molar-refractivity contribution is 0.464. The first kappa shape index (κ1) is 14.4. The molecule has 0 fully saturated rings. The maximum atomic E-state index is 10.5. The molecule has 0 heterocycles. The smallest absolute Gasteiger partial charge is 0.126 e. The molecular formula is C18H22O2. The number of phenols is 2. The molecule has 2 heteroatoms. The minimum absolute atomic E-state index is 0.256. The van der Waals surface area contributed by atoms with Gasteiger partial charge in [0.15, 0.2) is 0 Å². The predicted octanol–water partition coefficient (Wildman–Crippen LogP) is 4.62. The van der Waals surface area contributed by atoms with E-state index in [4.69, 9.17) is 0 Å². The number of rotatable bonds is 1. The first-order chi connectivity index (χ1) is 9.27. The molecule has 0 aromatic heterocycles. The van der Waals surface area contributed by atoms with E-state index in [0.29, 0.717) is 5.56 Å². The van der Waals surface area contributed by atoms with Gasteiger partial charge in [-0.2, -0.15) is 0 Å². The van der Waals surface area contributed by atoms with E-state index < -0.39 is 0 Å². The van der Waals surface area contributed by atoms with Crippen molar-refractivity contribution in [1.29, 1.82) is 0 Å². The van der Waals surface area contributed by atoms with Gasteiger partial charge in [0, 0.05) is 11.1 Å². The molecule has 0 radical (unpaired) electrons. The molecule has 0 unspecified atom stereocenters. The Morgan fingerprint density at radius 2 is 1.15 bits per heavy atom. The van der Waals surface area contributed by atoms with Gasteiger partial charge in [-0.05, 0) is 74.9 Å². The molecule has 2 rings (SSSR count). The summed E-state index contributed by atoms with van der Waals surface area (Å²) < 4.78 is 0. The topological polar surface area (TPSA) is 40.5 Å². The molecule has 2 aromatic rings. The predicted molar refractivity (Wildman–Crippen MR) is 83.6 cm³/mol. The molecule has 0 saturated heterocycles. The summed E-state index contributed by atoms with van der Waals surface area (Å²) in [5.41, 5.74) is 7.51. The molecule has 0 bridgehead atoms. The van der Waals surface area contributed by atoms with E-state index in [-0.39, 0.29) is 11.5 Å². The second kappa shape index (κ2) is 4.86. The SMILES string of the molecule is Cc1ccc(-c2c(C)c(C)c(C)c(C)c2O)c(O)c1C. The highest BCUT2D eigenvalue weighted by Gasteiger charge is 2.19. The van der Waals surface area contributed by atoms with E-state index in [1.165, 1.54) is 0 Å². The van der Waals surface area contributed by atoms with Crippen LogP contribution in [0.15, 0.2) is 12.1 Å². The lowest BCUT2D eigenvalue weighted by Gasteiger charge is -2.19. The molecule has 0 aliphatic heterocycles. The second-order valence-electron chi connectivity index (χ2n) is 5.63. The summed E-state index contributed by atoms with van der Waals surface area (Å²) in [6.45, 7) is 11.8. The van der Waals surface area contributed by atoms with Crippen molar-refractivity contribution < 1.29 is 10.2 Å². The highest BCUT2D eigenvalue weighted by atomic mass is 16.3. The molecule has 0 aliphatic rings. The molecule has 20 heavy (non-hydrogen) atoms. The van der Waals surface area contributed by atoms with E-state index in [2.05, 4.69) is 6.92 Å². The first-order valence-electron chi connectivity index (χ1n) is 6.86. The van der Waals surface area contributed by atoms with Gasteiger partial charge in [0.05, 0.1) is 0 Å². The number of phenolic OH excluding ortho intramolecular Hbond substituents is 2. The van der Waals surface area contributed by atoms with Crippen LogP contribution in [0, 0.1) is 41.5 Å². The van der Waals surface area contributed by atoms with E-state index in [0.717, 1.165) is 38.9 Å². The summed E-state index contributed by atoms with van der Waals surface area (Å²) in [6, 6.07) is 3.86. The summed E-state index contributed by atoms with van der Waals surface area (Å²) in [6.07, 6.45) is 0. The molecule has 106 valence electrons. The number of hydrogen-bond donors (Lipinski definition) is 2. The van der Waals surface area contributed by atoms with Gasteiger partial charge < -0.3 is 10.2 Å². The van der Waals surface area contributed by atoms with Crippen LogP contribution in [0.1, 0.15) is 33.4 Å². The Balaban J connectivity index is 2.87. The summed E-state index contributed by atoms with van der Waals surface area (Å²) in [4.78, 5) is 0. The largest absolute Gasteiger partial charge is 0.507 e. The number of aromatic hydroxyl groups is 2. The number of benzene rings is 2. The van der Waals surface area contributed by atoms with Crippen LogP contribution >= 0.6 is 0 Å². The molecule has 0 amide bonds. The third-order valence-electron chi connectivity index (χ3n) is 4.63. The fourth-order valence-electron chi connectivity index (χ4n) is 2.63. The molecule has 0 saturated carbocycles. The molecule has 0 atom stereocenters. The minimum atomic E-state index is 0.256. The molecule has 0 spiro atoms. The summed E-state index contributed by atoms with van der Waals surface area (Å²) >= 11 is 0. The van der Waals surface area contributed by atoms with Crippen LogP contribution in [0.2, 0.25) is 0 Å². The van der Waals surface area contributed by atoms with Crippen molar-refractivity contribution in [1.82, 2.24) is 0 Å². The van der Waals surface area contributed by atoms with Crippen LogP contribution < -0.4 is 0 Å². The van der Waals surface area contributed by atoms with Crippen LogP contribution in [-0.2, 0) is 0 Å². The Kier molecular flexibility index (Phi) is 3.51. The van der Waals surface area contributed by atoms with Crippen molar-refractivity contribution in [2.75, 3.05) is 0 Å². The van der Waals surface area contributed by atoms with Gasteiger partial charge in [0.25, 0.3) is 0 Å². The van der Waals surface area contributed by atoms with Crippen molar-refractivity contribution in [3.8, 4) is 22.6 Å². The van der Waals surface area contributed by atoms with Gasteiger partial charge in [-0.15, -0.1) is 0 Å². The van der Waals surface area contributed by atoms with E-state index in [9.17, 15) is 10.2 Å². The monoisotopic (exact) mass is 270 g/mol. The quantitative estimate of drug-likeness (QED) is 0.794. The van der Waals surface area contributed by atoms with Gasteiger partial charge in [-0.3, -0.25) is 0 Å². The molecule has 2 N–H and O–H groups in total. The third kappa shape index (κ3) is 1.96. The van der Waals surface area contributed by atoms with Crippen molar-refractivity contribution >= 4 is 0 Å². The highest BCUT2D eigenvalue weighted by Crippen LogP contribution is 2.43. The lowest BCUT2D eigenvalue weighted by Crippen LogP contribution is -1.97. The van der Waals surface area contributed by atoms with Crippen molar-refractivity contribution in [2.45, 2.75) is 41.5 Å². The molecule has 2 nitrogen and oxygen atoms in total. The molecule has 2 aromatic carbocycles. The van der Waals surface area contributed by atoms with Crippen LogP contribution in [0.25, 0.3) is 11.1 Å². The second-order valence-corrected chi connectivity index (χ2v) is 5.63. The zero-order valence-corrected chi connectivity index (χ0v) is 13.0. The van der Waals surface area contributed by atoms with Gasteiger partial charge >= 0.3 is 0 Å². The summed E-state index contributed by atoms with van der Waals surface area (Å²) in [7, 11) is 0. The zero-order valence-electron chi connectivity index (χ0n) is 13.0. The first-order valence-corrected chi connectivity index (χ1v) is 6.86. The Morgan fingerprint density at radius 1 is 0.600 bits per heavy atom. The van der Waals surface area contributed by atoms with Gasteiger partial charge in [-0.1, -0.05) is 12.1 Å². The van der Waals surface area contributed by atoms with Crippen molar-refractivity contribution in [3.05, 3.63) is 45.5 Å². The Hall–Kier alpha value is -1.96. The van der Waals surface area contributed by atoms with Gasteiger partial charge in [-0.25, -0.2) is 0 Å². The standard InChI is InChI=1S/C18H22O2/c1-9-7-8-15(17(19)10(9)2)16-13(5)11(3)12(4)14(6)18(16)20/h7-8,19-20H,1-6H3. The van der Waals surface area contributed by atoms with E-state index >= 15 is 0 Å². The molecule has 0 aliphatic carbocycles. The number of hydrogen-bond acceptors (Lipinski definition) is 2. The van der Waals surface area contributed by atoms with Gasteiger partial charge in [0.1, 0.15) is 11.5 Å². The van der Waals surface area contributed by atoms with Crippen LogP contribution in [0.5, 0.6) is 11.5 Å². The number of aryl methyl sites for hydroxylation is 1. The maximum absolute atomic E-state index is 10.5. The van der Waals surface area contributed by atoms with Gasteiger partial charge in [0.2, 0.25) is 0 Å². The average molecular weight is 270 g/mol. The van der Waals surface area contributed by atoms with Crippen molar-refractivity contribution in [3.63, 3.8) is 0 Å². The highest BCUT2D eigenvalue weighted by molar-refractivity contribution is 5.82. The normalized spacial score (nSPS) is 10.9. The van der Waals surface area contributed by atoms with E-state index in [1.54, 1.807) is 0 Å².